The van der Waals surface area contributed by atoms with Crippen LogP contribution in [0.3, 0.4) is 0 Å². The van der Waals surface area contributed by atoms with E-state index in [0.29, 0.717) is 17.9 Å². The van der Waals surface area contributed by atoms with E-state index in [1.807, 2.05) is 32.9 Å². The highest BCUT2D eigenvalue weighted by Crippen LogP contribution is 2.18. The van der Waals surface area contributed by atoms with Crippen LogP contribution in [0.15, 0.2) is 41.5 Å². The molecule has 0 saturated carbocycles. The fourth-order valence-electron chi connectivity index (χ4n) is 2.60. The number of nitrogens with one attached hydrogen (secondary N) is 1. The molecule has 0 saturated heterocycles. The Kier molecular flexibility index (Phi) is 6.13. The Hall–Kier alpha value is -2.62. The second kappa shape index (κ2) is 8.29. The largest absolute Gasteiger partial charge is 0.493 e. The Bertz CT molecular complexity index is 728. The molecule has 2 aromatic carbocycles. The molecule has 1 amide bonds. The lowest BCUT2D eigenvalue weighted by molar-refractivity contribution is 0.0951. The first-order valence-electron chi connectivity index (χ1n) is 8.16. The lowest BCUT2D eigenvalue weighted by Gasteiger charge is -2.09. The first-order valence-corrected chi connectivity index (χ1v) is 8.16. The highest BCUT2D eigenvalue weighted by molar-refractivity contribution is 5.97. The third-order valence-corrected chi connectivity index (χ3v) is 3.69. The van der Waals surface area contributed by atoms with Crippen LogP contribution < -0.4 is 10.2 Å². The topological polar surface area (TPSA) is 50.7 Å². The summed E-state index contributed by atoms with van der Waals surface area (Å²) in [6, 6.07) is 11.4. The third kappa shape index (κ3) is 4.44. The Morgan fingerprint density at radius 1 is 1.17 bits per heavy atom. The van der Waals surface area contributed by atoms with Crippen LogP contribution in [-0.4, -0.2) is 18.7 Å². The highest BCUT2D eigenvalue weighted by atomic mass is 16.5. The number of aryl methyl sites for hydroxylation is 3. The van der Waals surface area contributed by atoms with Gasteiger partial charge in [-0.2, -0.15) is 5.10 Å². The molecule has 126 valence electrons. The van der Waals surface area contributed by atoms with Gasteiger partial charge in [-0.1, -0.05) is 36.8 Å². The molecule has 0 aliphatic heterocycles. The Morgan fingerprint density at radius 3 is 2.50 bits per heavy atom. The van der Waals surface area contributed by atoms with Crippen molar-refractivity contribution in [3.8, 4) is 5.75 Å². The summed E-state index contributed by atoms with van der Waals surface area (Å²) in [6.07, 6.45) is 2.58. The van der Waals surface area contributed by atoms with Crippen molar-refractivity contribution in [2.24, 2.45) is 5.10 Å². The quantitative estimate of drug-likeness (QED) is 0.640. The highest BCUT2D eigenvalue weighted by Gasteiger charge is 2.11. The fraction of sp³-hybridized carbons (Fsp3) is 0.300. The molecule has 0 radical (unpaired) electrons. The number of hydrazone groups is 1. The maximum atomic E-state index is 12.3. The average molecular weight is 324 g/mol. The molecule has 0 fully saturated rings. The molecule has 4 heteroatoms. The first kappa shape index (κ1) is 17.7. The summed E-state index contributed by atoms with van der Waals surface area (Å²) < 4.78 is 5.61. The number of carbonyl (C=O) groups is 1. The molecule has 0 aliphatic rings. The molecule has 24 heavy (non-hydrogen) atoms. The third-order valence-electron chi connectivity index (χ3n) is 3.69. The number of rotatable bonds is 6. The van der Waals surface area contributed by atoms with Gasteiger partial charge in [-0.25, -0.2) is 5.43 Å². The Balaban J connectivity index is 2.11. The van der Waals surface area contributed by atoms with E-state index in [1.165, 1.54) is 5.56 Å². The molecule has 4 nitrogen and oxygen atoms in total. The molecule has 0 unspecified atom stereocenters. The molecule has 0 heterocycles. The predicted molar refractivity (Wildman–Crippen MR) is 97.9 cm³/mol. The van der Waals surface area contributed by atoms with Crippen LogP contribution >= 0.6 is 0 Å². The molecule has 2 rings (SSSR count). The molecule has 0 spiro atoms. The van der Waals surface area contributed by atoms with Crippen molar-refractivity contribution < 1.29 is 9.53 Å². The minimum Gasteiger partial charge on any atom is -0.493 e. The van der Waals surface area contributed by atoms with E-state index in [2.05, 4.69) is 29.6 Å². The van der Waals surface area contributed by atoms with Gasteiger partial charge in [0.2, 0.25) is 0 Å². The van der Waals surface area contributed by atoms with E-state index in [0.717, 1.165) is 23.1 Å². The number of carbonyl (C=O) groups excluding carboxylic acids is 1. The van der Waals surface area contributed by atoms with Crippen molar-refractivity contribution in [3.05, 3.63) is 64.2 Å². The van der Waals surface area contributed by atoms with E-state index >= 15 is 0 Å². The minimum absolute atomic E-state index is 0.277. The number of hydrogen-bond acceptors (Lipinski definition) is 3. The normalized spacial score (nSPS) is 10.8. The van der Waals surface area contributed by atoms with Gasteiger partial charge in [-0.3, -0.25) is 4.79 Å². The zero-order valence-electron chi connectivity index (χ0n) is 14.7. The van der Waals surface area contributed by atoms with Gasteiger partial charge in [0.1, 0.15) is 5.75 Å². The van der Waals surface area contributed by atoms with Crippen molar-refractivity contribution in [2.75, 3.05) is 6.61 Å². The van der Waals surface area contributed by atoms with Gasteiger partial charge in [-0.15, -0.1) is 0 Å². The summed E-state index contributed by atoms with van der Waals surface area (Å²) in [4.78, 5) is 12.3. The van der Waals surface area contributed by atoms with Gasteiger partial charge in [0.25, 0.3) is 5.91 Å². The van der Waals surface area contributed by atoms with E-state index in [1.54, 1.807) is 18.3 Å². The smallest absolute Gasteiger partial charge is 0.275 e. The summed E-state index contributed by atoms with van der Waals surface area (Å²) in [5.74, 6) is 0.301. The standard InChI is InChI=1S/C20H24N2O2/c1-5-10-24-19-9-7-6-8-17(19)20(23)22-21-13-18-15(3)11-14(2)12-16(18)4/h6-9,11-13H,5,10H2,1-4H3,(H,22,23)/b21-13+. The molecular weight excluding hydrogens is 300 g/mol. The van der Waals surface area contributed by atoms with Crippen molar-refractivity contribution in [1.29, 1.82) is 0 Å². The van der Waals surface area contributed by atoms with Gasteiger partial charge >= 0.3 is 0 Å². The second-order valence-corrected chi connectivity index (χ2v) is 5.86. The second-order valence-electron chi connectivity index (χ2n) is 5.86. The Morgan fingerprint density at radius 2 is 1.83 bits per heavy atom. The van der Waals surface area contributed by atoms with Crippen molar-refractivity contribution >= 4 is 12.1 Å². The maximum Gasteiger partial charge on any atom is 0.275 e. The van der Waals surface area contributed by atoms with Crippen LogP contribution in [0.1, 0.15) is 46.0 Å². The molecular formula is C20H24N2O2. The van der Waals surface area contributed by atoms with Crippen LogP contribution in [0, 0.1) is 20.8 Å². The van der Waals surface area contributed by atoms with E-state index in [-0.39, 0.29) is 5.91 Å². The Labute approximate surface area is 143 Å². The lowest BCUT2D eigenvalue weighted by atomic mass is 10.0. The summed E-state index contributed by atoms with van der Waals surface area (Å²) in [5, 5.41) is 4.11. The van der Waals surface area contributed by atoms with E-state index < -0.39 is 0 Å². The number of amides is 1. The molecule has 1 N–H and O–H groups in total. The predicted octanol–water partition coefficient (Wildman–Crippen LogP) is 4.16. The fourth-order valence-corrected chi connectivity index (χ4v) is 2.60. The lowest BCUT2D eigenvalue weighted by Crippen LogP contribution is -2.19. The number of ether oxygens (including phenoxy) is 1. The van der Waals surface area contributed by atoms with Gasteiger partial charge < -0.3 is 4.74 Å². The summed E-state index contributed by atoms with van der Waals surface area (Å²) in [6.45, 7) is 8.75. The molecule has 0 aromatic heterocycles. The number of para-hydroxylation sites is 1. The maximum absolute atomic E-state index is 12.3. The van der Waals surface area contributed by atoms with Crippen molar-refractivity contribution in [1.82, 2.24) is 5.43 Å². The monoisotopic (exact) mass is 324 g/mol. The van der Waals surface area contributed by atoms with Gasteiger partial charge in [0.05, 0.1) is 18.4 Å². The molecule has 2 aromatic rings. The van der Waals surface area contributed by atoms with E-state index in [4.69, 9.17) is 4.74 Å². The van der Waals surface area contributed by atoms with Crippen LogP contribution in [0.4, 0.5) is 0 Å². The number of benzene rings is 2. The first-order chi connectivity index (χ1) is 11.5. The van der Waals surface area contributed by atoms with Crippen LogP contribution in [0.5, 0.6) is 5.75 Å². The van der Waals surface area contributed by atoms with Crippen molar-refractivity contribution in [2.45, 2.75) is 34.1 Å². The van der Waals surface area contributed by atoms with Gasteiger partial charge in [0.15, 0.2) is 0 Å². The average Bonchev–Trinajstić information content (AvgIpc) is 2.55. The zero-order valence-corrected chi connectivity index (χ0v) is 14.7. The SMILES string of the molecule is CCCOc1ccccc1C(=O)N/N=C/c1c(C)cc(C)cc1C. The van der Waals surface area contributed by atoms with E-state index in [9.17, 15) is 4.79 Å². The molecule has 0 aliphatic carbocycles. The van der Waals surface area contributed by atoms with Gasteiger partial charge in [0, 0.05) is 5.56 Å². The molecule has 0 bridgehead atoms. The van der Waals surface area contributed by atoms with Crippen molar-refractivity contribution in [3.63, 3.8) is 0 Å². The minimum atomic E-state index is -0.277. The number of hydrogen-bond donors (Lipinski definition) is 1. The van der Waals surface area contributed by atoms with Crippen LogP contribution in [0.25, 0.3) is 0 Å². The molecule has 0 atom stereocenters. The number of nitrogens with zero attached hydrogens (tertiary/aromatic N) is 1. The van der Waals surface area contributed by atoms with Crippen LogP contribution in [-0.2, 0) is 0 Å². The summed E-state index contributed by atoms with van der Waals surface area (Å²) in [5.41, 5.74) is 7.58. The summed E-state index contributed by atoms with van der Waals surface area (Å²) in [7, 11) is 0. The zero-order chi connectivity index (χ0) is 17.5. The summed E-state index contributed by atoms with van der Waals surface area (Å²) >= 11 is 0. The van der Waals surface area contributed by atoms with Gasteiger partial charge in [-0.05, 0) is 50.5 Å². The van der Waals surface area contributed by atoms with Crippen LogP contribution in [0.2, 0.25) is 0 Å².